The second kappa shape index (κ2) is 7.08. The number of aromatic nitrogens is 2. The summed E-state index contributed by atoms with van der Waals surface area (Å²) in [6.07, 6.45) is 4.75. The van der Waals surface area contributed by atoms with E-state index in [0.29, 0.717) is 12.5 Å². The van der Waals surface area contributed by atoms with Crippen LogP contribution in [-0.4, -0.2) is 27.6 Å². The quantitative estimate of drug-likeness (QED) is 0.626. The Morgan fingerprint density at radius 2 is 2.04 bits per heavy atom. The van der Waals surface area contributed by atoms with Crippen LogP contribution < -0.4 is 0 Å². The smallest absolute Gasteiger partial charge is 0.226 e. The Labute approximate surface area is 161 Å². The second-order valence-electron chi connectivity index (χ2n) is 6.83. The molecular weight excluding hydrogens is 390 g/mol. The molecule has 1 fully saturated rings. The van der Waals surface area contributed by atoms with Crippen molar-refractivity contribution in [3.63, 3.8) is 0 Å². The van der Waals surface area contributed by atoms with Crippen molar-refractivity contribution in [1.82, 2.24) is 14.7 Å². The van der Waals surface area contributed by atoms with Crippen LogP contribution in [0.15, 0.2) is 71.5 Å². The third-order valence-electron chi connectivity index (χ3n) is 4.84. The molecule has 1 amide bonds. The first kappa shape index (κ1) is 17.0. The van der Waals surface area contributed by atoms with Crippen LogP contribution in [-0.2, 0) is 11.3 Å². The van der Waals surface area contributed by atoms with Crippen molar-refractivity contribution in [3.05, 3.63) is 82.6 Å². The number of benzene rings is 2. The fourth-order valence-corrected chi connectivity index (χ4v) is 3.79. The van der Waals surface area contributed by atoms with Gasteiger partial charge in [0.1, 0.15) is 0 Å². The molecule has 0 saturated heterocycles. The average molecular weight is 410 g/mol. The molecule has 2 atom stereocenters. The molecule has 0 spiro atoms. The van der Waals surface area contributed by atoms with Gasteiger partial charge in [-0.15, -0.1) is 0 Å². The predicted octanol–water partition coefficient (Wildman–Crippen LogP) is 4.40. The number of carbonyl (C=O) groups excluding carboxylic acids is 1. The zero-order chi connectivity index (χ0) is 18.1. The van der Waals surface area contributed by atoms with E-state index in [4.69, 9.17) is 0 Å². The van der Waals surface area contributed by atoms with Gasteiger partial charge < -0.3 is 4.90 Å². The molecule has 4 nitrogen and oxygen atoms in total. The molecule has 3 aromatic rings. The topological polar surface area (TPSA) is 38.1 Å². The molecule has 1 aliphatic rings. The molecule has 1 heterocycles. The van der Waals surface area contributed by atoms with Crippen LogP contribution in [0.3, 0.4) is 0 Å². The maximum Gasteiger partial charge on any atom is 0.226 e. The first-order chi connectivity index (χ1) is 12.6. The minimum absolute atomic E-state index is 0.0958. The van der Waals surface area contributed by atoms with Crippen LogP contribution >= 0.6 is 15.9 Å². The molecule has 2 aromatic carbocycles. The number of amides is 1. The molecule has 0 aliphatic heterocycles. The lowest BCUT2D eigenvalue weighted by Gasteiger charge is -2.16. The fraction of sp³-hybridized carbons (Fsp3) is 0.238. The molecule has 0 N–H and O–H groups in total. The van der Waals surface area contributed by atoms with Crippen molar-refractivity contribution >= 4 is 21.8 Å². The molecule has 0 bridgehead atoms. The van der Waals surface area contributed by atoms with Crippen LogP contribution in [0.4, 0.5) is 0 Å². The van der Waals surface area contributed by atoms with Gasteiger partial charge in [-0.3, -0.25) is 4.79 Å². The van der Waals surface area contributed by atoms with Crippen LogP contribution in [0.2, 0.25) is 0 Å². The van der Waals surface area contributed by atoms with Crippen molar-refractivity contribution in [3.8, 4) is 5.69 Å². The third kappa shape index (κ3) is 3.58. The summed E-state index contributed by atoms with van der Waals surface area (Å²) in [5.41, 5.74) is 3.29. The zero-order valence-electron chi connectivity index (χ0n) is 14.5. The van der Waals surface area contributed by atoms with Crippen molar-refractivity contribution in [2.75, 3.05) is 7.05 Å². The van der Waals surface area contributed by atoms with Crippen LogP contribution in [0, 0.1) is 5.92 Å². The van der Waals surface area contributed by atoms with Crippen LogP contribution in [0.5, 0.6) is 0 Å². The first-order valence-electron chi connectivity index (χ1n) is 8.71. The lowest BCUT2D eigenvalue weighted by molar-refractivity contribution is -0.131. The number of nitrogens with zero attached hydrogens (tertiary/aromatic N) is 3. The summed E-state index contributed by atoms with van der Waals surface area (Å²) in [6.45, 7) is 0.577. The molecular formula is C21H20BrN3O. The maximum absolute atomic E-state index is 12.7. The Bertz CT molecular complexity index is 922. The molecule has 0 radical (unpaired) electrons. The lowest BCUT2D eigenvalue weighted by Crippen LogP contribution is -2.27. The van der Waals surface area contributed by atoms with Gasteiger partial charge in [-0.1, -0.05) is 46.3 Å². The number of halogens is 1. The minimum atomic E-state index is 0.0958. The first-order valence-corrected chi connectivity index (χ1v) is 9.50. The molecule has 2 unspecified atom stereocenters. The van der Waals surface area contributed by atoms with Gasteiger partial charge in [-0.05, 0) is 42.2 Å². The Balaban J connectivity index is 1.39. The fourth-order valence-electron chi connectivity index (χ4n) is 3.37. The average Bonchev–Trinajstić information content (AvgIpc) is 3.33. The van der Waals surface area contributed by atoms with E-state index in [0.717, 1.165) is 22.1 Å². The molecule has 132 valence electrons. The Hall–Kier alpha value is -2.40. The second-order valence-corrected chi connectivity index (χ2v) is 7.74. The summed E-state index contributed by atoms with van der Waals surface area (Å²) in [5, 5.41) is 4.41. The predicted molar refractivity (Wildman–Crippen MR) is 105 cm³/mol. The highest BCUT2D eigenvalue weighted by Gasteiger charge is 2.45. The van der Waals surface area contributed by atoms with Crippen molar-refractivity contribution in [2.45, 2.75) is 18.9 Å². The van der Waals surface area contributed by atoms with Crippen molar-refractivity contribution in [2.24, 2.45) is 5.92 Å². The molecule has 1 saturated carbocycles. The standard InChI is InChI=1S/C21H20BrN3O/c1-24(13-15-12-23-25(14-15)18-8-3-2-4-9-18)21(26)20-11-19(20)16-6-5-7-17(22)10-16/h2-10,12,14,19-20H,11,13H2,1H3. The summed E-state index contributed by atoms with van der Waals surface area (Å²) in [4.78, 5) is 14.6. The van der Waals surface area contributed by atoms with Gasteiger partial charge in [-0.25, -0.2) is 4.68 Å². The summed E-state index contributed by atoms with van der Waals surface area (Å²) in [6, 6.07) is 18.2. The van der Waals surface area contributed by atoms with E-state index in [2.05, 4.69) is 33.2 Å². The molecule has 1 aliphatic carbocycles. The number of hydrogen-bond donors (Lipinski definition) is 0. The van der Waals surface area contributed by atoms with Gasteiger partial charge in [0.2, 0.25) is 5.91 Å². The van der Waals surface area contributed by atoms with E-state index in [1.54, 1.807) is 0 Å². The SMILES string of the molecule is CN(Cc1cnn(-c2ccccc2)c1)C(=O)C1CC1c1cccc(Br)c1. The number of rotatable bonds is 5. The molecule has 1 aromatic heterocycles. The van der Waals surface area contributed by atoms with Crippen molar-refractivity contribution in [1.29, 1.82) is 0 Å². The Morgan fingerprint density at radius 1 is 1.23 bits per heavy atom. The largest absolute Gasteiger partial charge is 0.341 e. The van der Waals surface area contributed by atoms with E-state index < -0.39 is 0 Å². The van der Waals surface area contributed by atoms with E-state index >= 15 is 0 Å². The van der Waals surface area contributed by atoms with E-state index in [1.807, 2.05) is 71.5 Å². The number of carbonyl (C=O) groups is 1. The highest BCUT2D eigenvalue weighted by atomic mass is 79.9. The maximum atomic E-state index is 12.7. The van der Waals surface area contributed by atoms with Gasteiger partial charge in [0, 0.05) is 35.7 Å². The molecule has 26 heavy (non-hydrogen) atoms. The molecule has 5 heteroatoms. The molecule has 4 rings (SSSR count). The van der Waals surface area contributed by atoms with E-state index in [1.165, 1.54) is 5.56 Å². The van der Waals surface area contributed by atoms with E-state index in [-0.39, 0.29) is 11.8 Å². The Morgan fingerprint density at radius 3 is 2.81 bits per heavy atom. The van der Waals surface area contributed by atoms with Crippen LogP contribution in [0.25, 0.3) is 5.69 Å². The highest BCUT2D eigenvalue weighted by molar-refractivity contribution is 9.10. The zero-order valence-corrected chi connectivity index (χ0v) is 16.1. The minimum Gasteiger partial charge on any atom is -0.341 e. The summed E-state index contributed by atoms with van der Waals surface area (Å²) in [5.74, 6) is 0.649. The van der Waals surface area contributed by atoms with E-state index in [9.17, 15) is 4.79 Å². The van der Waals surface area contributed by atoms with Crippen LogP contribution in [0.1, 0.15) is 23.5 Å². The van der Waals surface area contributed by atoms with Gasteiger partial charge in [-0.2, -0.15) is 5.10 Å². The number of hydrogen-bond acceptors (Lipinski definition) is 2. The van der Waals surface area contributed by atoms with Gasteiger partial charge in [0.25, 0.3) is 0 Å². The highest BCUT2D eigenvalue weighted by Crippen LogP contribution is 2.48. The lowest BCUT2D eigenvalue weighted by atomic mass is 10.1. The summed E-state index contributed by atoms with van der Waals surface area (Å²) >= 11 is 3.51. The van der Waals surface area contributed by atoms with Gasteiger partial charge in [0.15, 0.2) is 0 Å². The summed E-state index contributed by atoms with van der Waals surface area (Å²) in [7, 11) is 1.87. The third-order valence-corrected chi connectivity index (χ3v) is 5.33. The summed E-state index contributed by atoms with van der Waals surface area (Å²) < 4.78 is 2.91. The number of para-hydroxylation sites is 1. The van der Waals surface area contributed by atoms with Crippen molar-refractivity contribution < 1.29 is 4.79 Å². The monoisotopic (exact) mass is 409 g/mol. The van der Waals surface area contributed by atoms with Gasteiger partial charge >= 0.3 is 0 Å². The van der Waals surface area contributed by atoms with Gasteiger partial charge in [0.05, 0.1) is 11.9 Å². The normalized spacial score (nSPS) is 18.5. The Kier molecular flexibility index (Phi) is 4.64.